The molecule has 2 aromatic heterocycles. The second kappa shape index (κ2) is 7.75. The van der Waals surface area contributed by atoms with Crippen LogP contribution in [0.15, 0.2) is 47.4 Å². The van der Waals surface area contributed by atoms with Gasteiger partial charge >= 0.3 is 12.2 Å². The van der Waals surface area contributed by atoms with Crippen LogP contribution in [0.4, 0.5) is 13.2 Å². The minimum Gasteiger partial charge on any atom is -0.484 e. The summed E-state index contributed by atoms with van der Waals surface area (Å²) in [5.74, 6) is 0.0338. The molecule has 0 aliphatic heterocycles. The van der Waals surface area contributed by atoms with E-state index in [2.05, 4.69) is 14.8 Å². The van der Waals surface area contributed by atoms with Crippen LogP contribution in [0.2, 0.25) is 0 Å². The Kier molecular flexibility index (Phi) is 5.39. The molecule has 0 atom stereocenters. The number of ether oxygens (including phenoxy) is 2. The highest BCUT2D eigenvalue weighted by Gasteiger charge is 2.28. The largest absolute Gasteiger partial charge is 0.484 e. The number of benzene rings is 1. The Labute approximate surface area is 158 Å². The Morgan fingerprint density at radius 3 is 2.39 bits per heavy atom. The standard InChI is InChI=1S/C18H17F3N4O3/c1-3-27-17-23-14(15-8-9-22-24(15)2)10-16(26)25(17)12-4-6-13(7-5-12)28-11-18(19,20)21/h4-10H,3,11H2,1-2H3. The predicted octanol–water partition coefficient (Wildman–Crippen LogP) is 2.97. The van der Waals surface area contributed by atoms with Crippen molar-refractivity contribution >= 4 is 0 Å². The maximum absolute atomic E-state index is 12.7. The maximum atomic E-state index is 12.7. The van der Waals surface area contributed by atoms with Gasteiger partial charge in [-0.25, -0.2) is 4.57 Å². The molecule has 1 aromatic carbocycles. The molecule has 0 amide bonds. The number of hydrogen-bond acceptors (Lipinski definition) is 5. The zero-order valence-corrected chi connectivity index (χ0v) is 15.1. The van der Waals surface area contributed by atoms with Crippen LogP contribution in [0, 0.1) is 0 Å². The quantitative estimate of drug-likeness (QED) is 0.643. The molecule has 28 heavy (non-hydrogen) atoms. The van der Waals surface area contributed by atoms with Crippen molar-refractivity contribution in [2.45, 2.75) is 13.1 Å². The molecule has 0 unspecified atom stereocenters. The summed E-state index contributed by atoms with van der Waals surface area (Å²) in [4.78, 5) is 17.1. The smallest absolute Gasteiger partial charge is 0.422 e. The topological polar surface area (TPSA) is 71.2 Å². The second-order valence-electron chi connectivity index (χ2n) is 5.77. The van der Waals surface area contributed by atoms with Crippen molar-refractivity contribution in [2.75, 3.05) is 13.2 Å². The average molecular weight is 394 g/mol. The van der Waals surface area contributed by atoms with Gasteiger partial charge in [0.15, 0.2) is 6.61 Å². The van der Waals surface area contributed by atoms with Crippen molar-refractivity contribution in [1.29, 1.82) is 0 Å². The van der Waals surface area contributed by atoms with Gasteiger partial charge in [-0.05, 0) is 37.3 Å². The fourth-order valence-corrected chi connectivity index (χ4v) is 2.54. The number of hydrogen-bond donors (Lipinski definition) is 0. The molecule has 0 N–H and O–H groups in total. The molecule has 7 nitrogen and oxygen atoms in total. The maximum Gasteiger partial charge on any atom is 0.422 e. The molecule has 148 valence electrons. The van der Waals surface area contributed by atoms with Crippen LogP contribution in [0.25, 0.3) is 17.1 Å². The van der Waals surface area contributed by atoms with E-state index in [9.17, 15) is 18.0 Å². The lowest BCUT2D eigenvalue weighted by Gasteiger charge is -2.14. The van der Waals surface area contributed by atoms with Crippen LogP contribution in [0.3, 0.4) is 0 Å². The van der Waals surface area contributed by atoms with Gasteiger partial charge in [0.2, 0.25) is 0 Å². The Morgan fingerprint density at radius 1 is 1.11 bits per heavy atom. The lowest BCUT2D eigenvalue weighted by Crippen LogP contribution is -2.22. The lowest BCUT2D eigenvalue weighted by molar-refractivity contribution is -0.153. The number of alkyl halides is 3. The van der Waals surface area contributed by atoms with Crippen molar-refractivity contribution in [3.63, 3.8) is 0 Å². The van der Waals surface area contributed by atoms with E-state index in [0.717, 1.165) is 0 Å². The first-order valence-corrected chi connectivity index (χ1v) is 8.34. The van der Waals surface area contributed by atoms with E-state index in [1.165, 1.54) is 34.9 Å². The molecule has 2 heterocycles. The van der Waals surface area contributed by atoms with E-state index < -0.39 is 18.3 Å². The molecule has 0 radical (unpaired) electrons. The second-order valence-corrected chi connectivity index (χ2v) is 5.77. The number of aromatic nitrogens is 4. The number of nitrogens with zero attached hydrogens (tertiary/aromatic N) is 4. The zero-order chi connectivity index (χ0) is 20.3. The first kappa shape index (κ1) is 19.5. The monoisotopic (exact) mass is 394 g/mol. The lowest BCUT2D eigenvalue weighted by atomic mass is 10.2. The van der Waals surface area contributed by atoms with Crippen LogP contribution in [0.5, 0.6) is 11.8 Å². The van der Waals surface area contributed by atoms with Crippen molar-refractivity contribution in [3.8, 4) is 28.8 Å². The Balaban J connectivity index is 1.97. The van der Waals surface area contributed by atoms with E-state index in [1.807, 2.05) is 0 Å². The van der Waals surface area contributed by atoms with Gasteiger partial charge < -0.3 is 9.47 Å². The molecule has 0 saturated carbocycles. The van der Waals surface area contributed by atoms with Crippen molar-refractivity contribution < 1.29 is 22.6 Å². The average Bonchev–Trinajstić information content (AvgIpc) is 3.06. The molecule has 10 heteroatoms. The summed E-state index contributed by atoms with van der Waals surface area (Å²) < 4.78 is 49.8. The van der Waals surface area contributed by atoms with Gasteiger partial charge in [0, 0.05) is 19.3 Å². The summed E-state index contributed by atoms with van der Waals surface area (Å²) in [6.45, 7) is 0.632. The highest BCUT2D eigenvalue weighted by atomic mass is 19.4. The van der Waals surface area contributed by atoms with E-state index in [-0.39, 0.29) is 18.4 Å². The zero-order valence-electron chi connectivity index (χ0n) is 15.1. The van der Waals surface area contributed by atoms with Crippen molar-refractivity contribution in [3.05, 3.63) is 52.9 Å². The highest BCUT2D eigenvalue weighted by molar-refractivity contribution is 5.54. The first-order chi connectivity index (χ1) is 13.3. The van der Waals surface area contributed by atoms with Gasteiger partial charge in [-0.3, -0.25) is 9.48 Å². The highest BCUT2D eigenvalue weighted by Crippen LogP contribution is 2.23. The Morgan fingerprint density at radius 2 is 1.82 bits per heavy atom. The molecule has 0 saturated heterocycles. The fourth-order valence-electron chi connectivity index (χ4n) is 2.54. The molecule has 0 spiro atoms. The minimum absolute atomic E-state index is 0.0338. The summed E-state index contributed by atoms with van der Waals surface area (Å²) in [7, 11) is 1.72. The van der Waals surface area contributed by atoms with Crippen molar-refractivity contribution in [1.82, 2.24) is 19.3 Å². The van der Waals surface area contributed by atoms with Gasteiger partial charge in [0.1, 0.15) is 5.75 Å². The van der Waals surface area contributed by atoms with Gasteiger partial charge in [-0.15, -0.1) is 0 Å². The molecular formula is C18H17F3N4O3. The molecule has 0 aliphatic carbocycles. The number of halogens is 3. The summed E-state index contributed by atoms with van der Waals surface area (Å²) in [5, 5.41) is 4.06. The van der Waals surface area contributed by atoms with E-state index in [4.69, 9.17) is 4.74 Å². The van der Waals surface area contributed by atoms with E-state index in [0.29, 0.717) is 17.1 Å². The molecule has 3 rings (SSSR count). The van der Waals surface area contributed by atoms with Crippen LogP contribution in [-0.2, 0) is 7.05 Å². The molecule has 3 aromatic rings. The third-order valence-electron chi connectivity index (χ3n) is 3.74. The van der Waals surface area contributed by atoms with Gasteiger partial charge in [-0.2, -0.15) is 23.3 Å². The molecule has 0 bridgehead atoms. The summed E-state index contributed by atoms with van der Waals surface area (Å²) in [6, 6.07) is 8.73. The summed E-state index contributed by atoms with van der Waals surface area (Å²) in [5.41, 5.74) is 1.02. The summed E-state index contributed by atoms with van der Waals surface area (Å²) in [6.07, 6.45) is -2.84. The Hall–Kier alpha value is -3.30. The van der Waals surface area contributed by atoms with Crippen LogP contribution in [0.1, 0.15) is 6.92 Å². The third-order valence-corrected chi connectivity index (χ3v) is 3.74. The van der Waals surface area contributed by atoms with Gasteiger partial charge in [0.25, 0.3) is 5.56 Å². The van der Waals surface area contributed by atoms with Crippen LogP contribution >= 0.6 is 0 Å². The number of aryl methyl sites for hydroxylation is 1. The molecular weight excluding hydrogens is 377 g/mol. The van der Waals surface area contributed by atoms with Crippen LogP contribution in [-0.4, -0.2) is 38.7 Å². The number of rotatable bonds is 6. The first-order valence-electron chi connectivity index (χ1n) is 8.34. The Bertz CT molecular complexity index is 1010. The molecule has 0 fully saturated rings. The van der Waals surface area contributed by atoms with Crippen LogP contribution < -0.4 is 15.0 Å². The third kappa shape index (κ3) is 4.33. The molecule has 0 aliphatic rings. The van der Waals surface area contributed by atoms with Crippen molar-refractivity contribution in [2.24, 2.45) is 7.05 Å². The van der Waals surface area contributed by atoms with Gasteiger partial charge in [0.05, 0.1) is 23.7 Å². The minimum atomic E-state index is -4.43. The predicted molar refractivity (Wildman–Crippen MR) is 94.8 cm³/mol. The SMILES string of the molecule is CCOc1nc(-c2ccnn2C)cc(=O)n1-c1ccc(OCC(F)(F)F)cc1. The normalized spacial score (nSPS) is 11.5. The summed E-state index contributed by atoms with van der Waals surface area (Å²) >= 11 is 0. The van der Waals surface area contributed by atoms with E-state index >= 15 is 0 Å². The van der Waals surface area contributed by atoms with E-state index in [1.54, 1.807) is 30.9 Å². The van der Waals surface area contributed by atoms with Gasteiger partial charge in [-0.1, -0.05) is 0 Å². The fraction of sp³-hybridized carbons (Fsp3) is 0.278.